The first-order valence-corrected chi connectivity index (χ1v) is 7.80. The highest BCUT2D eigenvalue weighted by molar-refractivity contribution is 7.89. The standard InChI is InChI=1S/C13H19FN2O2S.ClH/c1-10-4-3-5-12(13(10)14)19(17,18)16-7-6-11(9-16)8-15-2;/h3-5,11,15H,6-9H2,1-2H3;1H. The lowest BCUT2D eigenvalue weighted by atomic mass is 10.1. The molecule has 1 N–H and O–H groups in total. The normalized spacial score (nSPS) is 19.9. The van der Waals surface area contributed by atoms with E-state index in [2.05, 4.69) is 5.32 Å². The lowest BCUT2D eigenvalue weighted by Crippen LogP contribution is -2.31. The molecule has 0 aromatic heterocycles. The first-order valence-electron chi connectivity index (χ1n) is 6.36. The quantitative estimate of drug-likeness (QED) is 0.919. The van der Waals surface area contributed by atoms with Crippen molar-refractivity contribution in [1.29, 1.82) is 0 Å². The minimum atomic E-state index is -3.71. The van der Waals surface area contributed by atoms with Gasteiger partial charge in [0.2, 0.25) is 10.0 Å². The molecule has 1 saturated heterocycles. The molecule has 1 aromatic carbocycles. The Labute approximate surface area is 125 Å². The van der Waals surface area contributed by atoms with Crippen LogP contribution in [0.5, 0.6) is 0 Å². The van der Waals surface area contributed by atoms with Gasteiger partial charge in [0.15, 0.2) is 0 Å². The number of rotatable bonds is 4. The predicted molar refractivity (Wildman–Crippen MR) is 79.2 cm³/mol. The van der Waals surface area contributed by atoms with Gasteiger partial charge in [-0.2, -0.15) is 4.31 Å². The maximum Gasteiger partial charge on any atom is 0.246 e. The number of hydrogen-bond acceptors (Lipinski definition) is 3. The van der Waals surface area contributed by atoms with E-state index >= 15 is 0 Å². The van der Waals surface area contributed by atoms with Gasteiger partial charge in [-0.15, -0.1) is 12.4 Å². The Morgan fingerprint density at radius 2 is 2.15 bits per heavy atom. The molecule has 1 aliphatic rings. The molecule has 1 fully saturated rings. The highest BCUT2D eigenvalue weighted by Gasteiger charge is 2.33. The fourth-order valence-corrected chi connectivity index (χ4v) is 4.10. The molecule has 1 atom stereocenters. The van der Waals surface area contributed by atoms with Crippen LogP contribution in [-0.2, 0) is 10.0 Å². The third-order valence-electron chi connectivity index (χ3n) is 3.52. The minimum Gasteiger partial charge on any atom is -0.319 e. The molecule has 7 heteroatoms. The summed E-state index contributed by atoms with van der Waals surface area (Å²) in [4.78, 5) is -0.211. The maximum absolute atomic E-state index is 14.0. The Morgan fingerprint density at radius 1 is 1.45 bits per heavy atom. The molecule has 20 heavy (non-hydrogen) atoms. The van der Waals surface area contributed by atoms with Crippen molar-refractivity contribution in [3.8, 4) is 0 Å². The van der Waals surface area contributed by atoms with E-state index in [4.69, 9.17) is 0 Å². The average molecular weight is 323 g/mol. The summed E-state index contributed by atoms with van der Waals surface area (Å²) in [5.74, 6) is -0.341. The smallest absolute Gasteiger partial charge is 0.246 e. The summed E-state index contributed by atoms with van der Waals surface area (Å²) in [7, 11) is -1.87. The molecule has 114 valence electrons. The van der Waals surface area contributed by atoms with Gasteiger partial charge in [-0.05, 0) is 44.5 Å². The lowest BCUT2D eigenvalue weighted by Gasteiger charge is -2.17. The predicted octanol–water partition coefficient (Wildman–Crippen LogP) is 1.79. The van der Waals surface area contributed by atoms with Crippen molar-refractivity contribution in [3.05, 3.63) is 29.6 Å². The van der Waals surface area contributed by atoms with E-state index in [0.29, 0.717) is 24.6 Å². The lowest BCUT2D eigenvalue weighted by molar-refractivity contribution is 0.446. The summed E-state index contributed by atoms with van der Waals surface area (Å²) < 4.78 is 40.2. The number of nitrogens with zero attached hydrogens (tertiary/aromatic N) is 1. The molecule has 0 bridgehead atoms. The van der Waals surface area contributed by atoms with Gasteiger partial charge in [0.25, 0.3) is 0 Å². The molecule has 1 aliphatic heterocycles. The van der Waals surface area contributed by atoms with Crippen molar-refractivity contribution >= 4 is 22.4 Å². The molecule has 0 aliphatic carbocycles. The van der Waals surface area contributed by atoms with Crippen LogP contribution < -0.4 is 5.32 Å². The third-order valence-corrected chi connectivity index (χ3v) is 5.40. The second-order valence-electron chi connectivity index (χ2n) is 4.96. The van der Waals surface area contributed by atoms with Crippen LogP contribution >= 0.6 is 12.4 Å². The molecule has 0 amide bonds. The Hall–Kier alpha value is -0.690. The SMILES string of the molecule is CNCC1CCN(S(=O)(=O)c2cccc(C)c2F)C1.Cl. The zero-order valence-electron chi connectivity index (χ0n) is 11.6. The monoisotopic (exact) mass is 322 g/mol. The highest BCUT2D eigenvalue weighted by atomic mass is 35.5. The van der Waals surface area contributed by atoms with Crippen LogP contribution in [0, 0.1) is 18.7 Å². The summed E-state index contributed by atoms with van der Waals surface area (Å²) in [6, 6.07) is 4.48. The van der Waals surface area contributed by atoms with Gasteiger partial charge in [-0.3, -0.25) is 0 Å². The molecule has 0 saturated carbocycles. The fraction of sp³-hybridized carbons (Fsp3) is 0.538. The second kappa shape index (κ2) is 6.85. The molecule has 4 nitrogen and oxygen atoms in total. The van der Waals surface area contributed by atoms with E-state index < -0.39 is 15.8 Å². The van der Waals surface area contributed by atoms with Gasteiger partial charge in [0, 0.05) is 13.1 Å². The molecule has 2 rings (SSSR count). The average Bonchev–Trinajstić information content (AvgIpc) is 2.82. The number of hydrogen-bond donors (Lipinski definition) is 1. The summed E-state index contributed by atoms with van der Waals surface area (Å²) in [6.07, 6.45) is 0.813. The van der Waals surface area contributed by atoms with Crippen molar-refractivity contribution in [2.75, 3.05) is 26.7 Å². The number of sulfonamides is 1. The molecular formula is C13H20ClFN2O2S. The van der Waals surface area contributed by atoms with Gasteiger partial charge in [0.1, 0.15) is 10.7 Å². The largest absolute Gasteiger partial charge is 0.319 e. The van der Waals surface area contributed by atoms with E-state index in [-0.39, 0.29) is 17.3 Å². The zero-order chi connectivity index (χ0) is 14.0. The van der Waals surface area contributed by atoms with Crippen molar-refractivity contribution in [2.45, 2.75) is 18.2 Å². The van der Waals surface area contributed by atoms with E-state index in [1.807, 2.05) is 7.05 Å². The summed E-state index contributed by atoms with van der Waals surface area (Å²) >= 11 is 0. The van der Waals surface area contributed by atoms with E-state index in [9.17, 15) is 12.8 Å². The molecule has 1 heterocycles. The Kier molecular flexibility index (Phi) is 5.94. The van der Waals surface area contributed by atoms with Crippen LogP contribution in [0.4, 0.5) is 4.39 Å². The number of aryl methyl sites for hydroxylation is 1. The van der Waals surface area contributed by atoms with Crippen LogP contribution in [0.25, 0.3) is 0 Å². The molecule has 0 spiro atoms. The van der Waals surface area contributed by atoms with Crippen molar-refractivity contribution in [3.63, 3.8) is 0 Å². The summed E-state index contributed by atoms with van der Waals surface area (Å²) in [6.45, 7) is 3.27. The fourth-order valence-electron chi connectivity index (χ4n) is 2.43. The van der Waals surface area contributed by atoms with Crippen molar-refractivity contribution < 1.29 is 12.8 Å². The van der Waals surface area contributed by atoms with Gasteiger partial charge in [-0.25, -0.2) is 12.8 Å². The summed E-state index contributed by atoms with van der Waals surface area (Å²) in [5.41, 5.74) is 0.354. The van der Waals surface area contributed by atoms with Crippen LogP contribution in [0.2, 0.25) is 0 Å². The first-order chi connectivity index (χ1) is 8.96. The second-order valence-corrected chi connectivity index (χ2v) is 6.87. The molecule has 0 radical (unpaired) electrons. The van der Waals surface area contributed by atoms with Crippen LogP contribution in [0.15, 0.2) is 23.1 Å². The van der Waals surface area contributed by atoms with Crippen LogP contribution in [0.3, 0.4) is 0 Å². The molecule has 1 aromatic rings. The zero-order valence-corrected chi connectivity index (χ0v) is 13.2. The number of benzene rings is 1. The number of nitrogens with one attached hydrogen (secondary N) is 1. The maximum atomic E-state index is 14.0. The van der Waals surface area contributed by atoms with Crippen LogP contribution in [-0.4, -0.2) is 39.4 Å². The van der Waals surface area contributed by atoms with Crippen LogP contribution in [0.1, 0.15) is 12.0 Å². The third kappa shape index (κ3) is 3.31. The summed E-state index contributed by atoms with van der Waals surface area (Å²) in [5, 5.41) is 3.05. The Morgan fingerprint density at radius 3 is 2.80 bits per heavy atom. The highest BCUT2D eigenvalue weighted by Crippen LogP contribution is 2.26. The van der Waals surface area contributed by atoms with Crippen molar-refractivity contribution in [1.82, 2.24) is 9.62 Å². The van der Waals surface area contributed by atoms with E-state index in [0.717, 1.165) is 13.0 Å². The van der Waals surface area contributed by atoms with E-state index in [1.54, 1.807) is 19.1 Å². The number of halogens is 2. The van der Waals surface area contributed by atoms with Crippen molar-refractivity contribution in [2.24, 2.45) is 5.92 Å². The minimum absolute atomic E-state index is 0. The van der Waals surface area contributed by atoms with Gasteiger partial charge in [-0.1, -0.05) is 12.1 Å². The molecular weight excluding hydrogens is 303 g/mol. The van der Waals surface area contributed by atoms with Gasteiger partial charge >= 0.3 is 0 Å². The van der Waals surface area contributed by atoms with E-state index in [1.165, 1.54) is 10.4 Å². The van der Waals surface area contributed by atoms with Gasteiger partial charge in [0.05, 0.1) is 0 Å². The first kappa shape index (κ1) is 17.4. The Bertz CT molecular complexity index is 565. The van der Waals surface area contributed by atoms with Gasteiger partial charge < -0.3 is 5.32 Å². The topological polar surface area (TPSA) is 49.4 Å². The Balaban J connectivity index is 0.00000200. The molecule has 1 unspecified atom stereocenters.